The molecule has 138 valence electrons. The molecule has 0 saturated carbocycles. The third-order valence-electron chi connectivity index (χ3n) is 3.96. The highest BCUT2D eigenvalue weighted by atomic mass is 32.2. The topological polar surface area (TPSA) is 23.6 Å². The molecule has 1 aliphatic carbocycles. The predicted octanol–water partition coefficient (Wildman–Crippen LogP) is 4.73. The molecule has 1 aliphatic heterocycles. The van der Waals surface area contributed by atoms with Gasteiger partial charge in [0.1, 0.15) is 11.0 Å². The third-order valence-corrected chi connectivity index (χ3v) is 5.47. The van der Waals surface area contributed by atoms with Gasteiger partial charge >= 0.3 is 0 Å². The normalized spacial score (nSPS) is 20.3. The molecule has 0 bridgehead atoms. The van der Waals surface area contributed by atoms with E-state index < -0.39 is 11.0 Å². The Morgan fingerprint density at radius 1 is 1.20 bits per heavy atom. The van der Waals surface area contributed by atoms with Crippen LogP contribution in [-0.4, -0.2) is 39.6 Å². The summed E-state index contributed by atoms with van der Waals surface area (Å²) in [5, 5.41) is 0. The Kier molecular flexibility index (Phi) is 10.1. The Hall–Kier alpha value is -1.65. The van der Waals surface area contributed by atoms with Crippen molar-refractivity contribution in [3.05, 3.63) is 71.4 Å². The highest BCUT2D eigenvalue weighted by Gasteiger charge is 2.22. The van der Waals surface area contributed by atoms with E-state index in [1.54, 1.807) is 6.08 Å². The molecule has 25 heavy (non-hydrogen) atoms. The number of hydrogen-bond acceptors (Lipinski definition) is 2. The monoisotopic (exact) mass is 360 g/mol. The van der Waals surface area contributed by atoms with Crippen LogP contribution in [-0.2, 0) is 11.0 Å². The quantitative estimate of drug-likeness (QED) is 0.534. The van der Waals surface area contributed by atoms with Crippen LogP contribution >= 0.6 is 0 Å². The van der Waals surface area contributed by atoms with Gasteiger partial charge in [-0.05, 0) is 52.3 Å². The van der Waals surface area contributed by atoms with Crippen molar-refractivity contribution in [3.8, 4) is 0 Å². The lowest BCUT2D eigenvalue weighted by Crippen LogP contribution is -2.46. The predicted molar refractivity (Wildman–Crippen MR) is 111 cm³/mol. The van der Waals surface area contributed by atoms with Crippen molar-refractivity contribution in [2.45, 2.75) is 34.1 Å². The molecular formula is C21H32N2OS. The maximum Gasteiger partial charge on any atom is 0.127 e. The van der Waals surface area contributed by atoms with E-state index in [0.717, 1.165) is 37.5 Å². The SMILES string of the molecule is C/C=C\C=C(/C)N1CCN(S(=O)C2=CC=C(C)CC=C2)CC1.C=CC. The molecule has 0 amide bonds. The van der Waals surface area contributed by atoms with E-state index in [2.05, 4.69) is 53.9 Å². The first-order chi connectivity index (χ1) is 12.0. The van der Waals surface area contributed by atoms with Gasteiger partial charge < -0.3 is 4.90 Å². The molecule has 0 spiro atoms. The highest BCUT2D eigenvalue weighted by molar-refractivity contribution is 7.86. The summed E-state index contributed by atoms with van der Waals surface area (Å²) in [7, 11) is -1.05. The number of hydrogen-bond donors (Lipinski definition) is 0. The van der Waals surface area contributed by atoms with Crippen LogP contribution < -0.4 is 0 Å². The average Bonchev–Trinajstić information content (AvgIpc) is 2.84. The van der Waals surface area contributed by atoms with Gasteiger partial charge in [-0.25, -0.2) is 8.51 Å². The number of piperazine rings is 1. The van der Waals surface area contributed by atoms with Crippen LogP contribution in [0.3, 0.4) is 0 Å². The summed E-state index contributed by atoms with van der Waals surface area (Å²) in [4.78, 5) is 3.26. The zero-order chi connectivity index (χ0) is 18.7. The lowest BCUT2D eigenvalue weighted by atomic mass is 10.2. The van der Waals surface area contributed by atoms with Crippen molar-refractivity contribution in [2.75, 3.05) is 26.2 Å². The molecule has 0 aromatic heterocycles. The first-order valence-electron chi connectivity index (χ1n) is 8.85. The molecule has 1 unspecified atom stereocenters. The van der Waals surface area contributed by atoms with Crippen LogP contribution in [0.25, 0.3) is 0 Å². The van der Waals surface area contributed by atoms with Crippen molar-refractivity contribution >= 4 is 11.0 Å². The van der Waals surface area contributed by atoms with E-state index in [4.69, 9.17) is 0 Å². The van der Waals surface area contributed by atoms with Crippen molar-refractivity contribution in [2.24, 2.45) is 0 Å². The Labute approximate surface area is 156 Å². The van der Waals surface area contributed by atoms with E-state index in [0.29, 0.717) is 0 Å². The Balaban J connectivity index is 0.000000970. The molecule has 1 heterocycles. The summed E-state index contributed by atoms with van der Waals surface area (Å²) >= 11 is 0. The first-order valence-corrected chi connectivity index (χ1v) is 9.96. The summed E-state index contributed by atoms with van der Waals surface area (Å²) in [5.41, 5.74) is 2.58. The van der Waals surface area contributed by atoms with Crippen LogP contribution in [0.2, 0.25) is 0 Å². The van der Waals surface area contributed by atoms with E-state index >= 15 is 0 Å². The second-order valence-electron chi connectivity index (χ2n) is 6.10. The summed E-state index contributed by atoms with van der Waals surface area (Å²) < 4.78 is 14.8. The molecule has 1 saturated heterocycles. The molecule has 2 rings (SSSR count). The zero-order valence-electron chi connectivity index (χ0n) is 16.1. The first kappa shape index (κ1) is 21.4. The van der Waals surface area contributed by atoms with Crippen LogP contribution in [0.5, 0.6) is 0 Å². The van der Waals surface area contributed by atoms with Gasteiger partial charge in [-0.15, -0.1) is 6.58 Å². The van der Waals surface area contributed by atoms with Crippen molar-refractivity contribution in [3.63, 3.8) is 0 Å². The molecule has 0 N–H and O–H groups in total. The van der Waals surface area contributed by atoms with Gasteiger partial charge in [-0.1, -0.05) is 36.0 Å². The summed E-state index contributed by atoms with van der Waals surface area (Å²) in [6.07, 6.45) is 17.1. The van der Waals surface area contributed by atoms with E-state index in [9.17, 15) is 4.21 Å². The van der Waals surface area contributed by atoms with Crippen LogP contribution in [0.4, 0.5) is 0 Å². The van der Waals surface area contributed by atoms with Crippen molar-refractivity contribution in [1.29, 1.82) is 0 Å². The largest absolute Gasteiger partial charge is 0.372 e. The van der Waals surface area contributed by atoms with Crippen LogP contribution in [0, 0.1) is 0 Å². The highest BCUT2D eigenvalue weighted by Crippen LogP contribution is 2.18. The lowest BCUT2D eigenvalue weighted by Gasteiger charge is -2.35. The minimum Gasteiger partial charge on any atom is -0.372 e. The molecule has 1 fully saturated rings. The Morgan fingerprint density at radius 3 is 2.44 bits per heavy atom. The van der Waals surface area contributed by atoms with E-state index in [-0.39, 0.29) is 0 Å². The van der Waals surface area contributed by atoms with Crippen LogP contribution in [0.1, 0.15) is 34.1 Å². The molecule has 1 atom stereocenters. The minimum absolute atomic E-state index is 0.835. The van der Waals surface area contributed by atoms with E-state index in [1.807, 2.05) is 32.1 Å². The van der Waals surface area contributed by atoms with Gasteiger partial charge in [0, 0.05) is 31.9 Å². The summed E-state index contributed by atoms with van der Waals surface area (Å²) in [6, 6.07) is 0. The maximum absolute atomic E-state index is 12.7. The van der Waals surface area contributed by atoms with Gasteiger partial charge in [-0.2, -0.15) is 0 Å². The fourth-order valence-electron chi connectivity index (χ4n) is 2.52. The third kappa shape index (κ3) is 7.41. The fourth-order valence-corrected chi connectivity index (χ4v) is 3.71. The van der Waals surface area contributed by atoms with Gasteiger partial charge in [0.15, 0.2) is 0 Å². The molecular weight excluding hydrogens is 328 g/mol. The standard InChI is InChI=1S/C18H26N2OS.C3H6/c1-4-5-8-17(3)19-12-14-20(15-13-19)22(21)18-9-6-7-16(2)10-11-18;1-3-2/h4-6,8-11H,7,12-15H2,1-3H3;3H,1H2,2H3/b5-4-,17-8+;. The number of rotatable bonds is 4. The Bertz CT molecular complexity index is 603. The van der Waals surface area contributed by atoms with Gasteiger partial charge in [0.2, 0.25) is 0 Å². The summed E-state index contributed by atoms with van der Waals surface area (Å²) in [5.74, 6) is 0. The number of nitrogens with zero attached hydrogens (tertiary/aromatic N) is 2. The smallest absolute Gasteiger partial charge is 0.127 e. The summed E-state index contributed by atoms with van der Waals surface area (Å²) in [6.45, 7) is 15.0. The van der Waals surface area contributed by atoms with Crippen molar-refractivity contribution < 1.29 is 4.21 Å². The molecule has 2 aliphatic rings. The van der Waals surface area contributed by atoms with Gasteiger partial charge in [0.05, 0.1) is 4.91 Å². The second-order valence-corrected chi connectivity index (χ2v) is 7.58. The minimum atomic E-state index is -1.05. The molecule has 3 nitrogen and oxygen atoms in total. The fraction of sp³-hybridized carbons (Fsp3) is 0.429. The Morgan fingerprint density at radius 2 is 1.84 bits per heavy atom. The molecule has 0 radical (unpaired) electrons. The van der Waals surface area contributed by atoms with Crippen LogP contribution in [0.15, 0.2) is 71.4 Å². The molecule has 4 heteroatoms. The van der Waals surface area contributed by atoms with Crippen molar-refractivity contribution in [1.82, 2.24) is 9.21 Å². The molecule has 0 aromatic rings. The average molecular weight is 361 g/mol. The lowest BCUT2D eigenvalue weighted by molar-refractivity contribution is 0.236. The number of allylic oxidation sites excluding steroid dienone is 10. The second kappa shape index (κ2) is 11.8. The molecule has 0 aromatic carbocycles. The van der Waals surface area contributed by atoms with Gasteiger partial charge in [0.25, 0.3) is 0 Å². The van der Waals surface area contributed by atoms with Gasteiger partial charge in [-0.3, -0.25) is 0 Å². The maximum atomic E-state index is 12.7. The zero-order valence-corrected chi connectivity index (χ0v) is 16.9. The van der Waals surface area contributed by atoms with E-state index in [1.165, 1.54) is 11.3 Å².